The van der Waals surface area contributed by atoms with Gasteiger partial charge in [0.2, 0.25) is 5.91 Å². The van der Waals surface area contributed by atoms with Crippen molar-refractivity contribution < 1.29 is 9.53 Å². The Morgan fingerprint density at radius 3 is 1.87 bits per heavy atom. The van der Waals surface area contributed by atoms with Gasteiger partial charge in [-0.2, -0.15) is 0 Å². The van der Waals surface area contributed by atoms with Gasteiger partial charge in [0.15, 0.2) is 0 Å². The van der Waals surface area contributed by atoms with E-state index < -0.39 is 0 Å². The van der Waals surface area contributed by atoms with E-state index in [2.05, 4.69) is 58.0 Å². The Bertz CT molecular complexity index is 811. The first-order valence-corrected chi connectivity index (χ1v) is 10.9. The lowest BCUT2D eigenvalue weighted by molar-refractivity contribution is -0.136. The average molecular weight is 409 g/mol. The molecule has 0 unspecified atom stereocenters. The number of ether oxygens (including phenoxy) is 1. The summed E-state index contributed by atoms with van der Waals surface area (Å²) in [6.07, 6.45) is 0. The van der Waals surface area contributed by atoms with Gasteiger partial charge in [0.1, 0.15) is 5.75 Å². The van der Waals surface area contributed by atoms with Crippen LogP contribution in [0.1, 0.15) is 6.92 Å². The number of carbonyl (C=O) groups is 1. The molecule has 2 heterocycles. The van der Waals surface area contributed by atoms with Gasteiger partial charge in [-0.3, -0.25) is 9.69 Å². The quantitative estimate of drug-likeness (QED) is 0.760. The van der Waals surface area contributed by atoms with Crippen LogP contribution in [0.4, 0.5) is 11.4 Å². The zero-order valence-corrected chi connectivity index (χ0v) is 18.0. The van der Waals surface area contributed by atoms with Crippen LogP contribution < -0.4 is 14.5 Å². The maximum atomic E-state index is 13.1. The minimum atomic E-state index is -0.0636. The smallest absolute Gasteiger partial charge is 0.239 e. The Morgan fingerprint density at radius 2 is 1.30 bits per heavy atom. The fourth-order valence-corrected chi connectivity index (χ4v) is 4.40. The summed E-state index contributed by atoms with van der Waals surface area (Å²) in [6.45, 7) is 9.13. The Kier molecular flexibility index (Phi) is 6.43. The molecule has 0 N–H and O–H groups in total. The number of carbonyl (C=O) groups excluding carboxylic acids is 1. The highest BCUT2D eigenvalue weighted by Gasteiger charge is 2.30. The highest BCUT2D eigenvalue weighted by atomic mass is 16.5. The molecule has 2 aliphatic rings. The highest BCUT2D eigenvalue weighted by molar-refractivity contribution is 5.81. The van der Waals surface area contributed by atoms with Crippen molar-refractivity contribution in [1.82, 2.24) is 9.80 Å². The number of hydrogen-bond donors (Lipinski definition) is 0. The fourth-order valence-electron chi connectivity index (χ4n) is 4.40. The summed E-state index contributed by atoms with van der Waals surface area (Å²) in [5.41, 5.74) is 2.46. The fraction of sp³-hybridized carbons (Fsp3) is 0.458. The van der Waals surface area contributed by atoms with E-state index in [-0.39, 0.29) is 11.9 Å². The molecule has 0 radical (unpaired) electrons. The van der Waals surface area contributed by atoms with Crippen LogP contribution in [0.25, 0.3) is 0 Å². The predicted octanol–water partition coefficient (Wildman–Crippen LogP) is 2.55. The van der Waals surface area contributed by atoms with Crippen LogP contribution in [0.15, 0.2) is 54.6 Å². The first-order chi connectivity index (χ1) is 14.7. The maximum absolute atomic E-state index is 13.1. The predicted molar refractivity (Wildman–Crippen MR) is 121 cm³/mol. The number of hydrogen-bond acceptors (Lipinski definition) is 5. The largest absolute Gasteiger partial charge is 0.497 e. The van der Waals surface area contributed by atoms with Crippen molar-refractivity contribution in [2.24, 2.45) is 0 Å². The Balaban J connectivity index is 1.26. The van der Waals surface area contributed by atoms with E-state index in [1.807, 2.05) is 23.1 Å². The first-order valence-electron chi connectivity index (χ1n) is 10.9. The van der Waals surface area contributed by atoms with Crippen LogP contribution in [0.5, 0.6) is 5.75 Å². The van der Waals surface area contributed by atoms with E-state index in [0.29, 0.717) is 0 Å². The van der Waals surface area contributed by atoms with Gasteiger partial charge in [0.05, 0.1) is 13.2 Å². The van der Waals surface area contributed by atoms with Crippen LogP contribution in [0, 0.1) is 0 Å². The van der Waals surface area contributed by atoms with Gasteiger partial charge in [0.25, 0.3) is 0 Å². The molecule has 0 aliphatic carbocycles. The Labute approximate surface area is 179 Å². The first kappa shape index (κ1) is 20.5. The van der Waals surface area contributed by atoms with Gasteiger partial charge >= 0.3 is 0 Å². The lowest BCUT2D eigenvalue weighted by Crippen LogP contribution is -2.57. The molecule has 0 spiro atoms. The third kappa shape index (κ3) is 4.54. The van der Waals surface area contributed by atoms with Crippen molar-refractivity contribution in [2.45, 2.75) is 13.0 Å². The standard InChI is InChI=1S/C24H32N4O2/c1-20(24(29)28-18-16-26(17-19-28)21-6-4-3-5-7-21)25-12-14-27(15-13-25)22-8-10-23(30-2)11-9-22/h3-11,20H,12-19H2,1-2H3/t20-/m1/s1. The number of methoxy groups -OCH3 is 1. The summed E-state index contributed by atoms with van der Waals surface area (Å²) >= 11 is 0. The summed E-state index contributed by atoms with van der Waals surface area (Å²) in [5.74, 6) is 1.14. The molecule has 30 heavy (non-hydrogen) atoms. The van der Waals surface area contributed by atoms with E-state index in [1.165, 1.54) is 11.4 Å². The summed E-state index contributed by atoms with van der Waals surface area (Å²) in [7, 11) is 1.69. The van der Waals surface area contributed by atoms with Gasteiger partial charge in [-0.15, -0.1) is 0 Å². The van der Waals surface area contributed by atoms with Crippen LogP contribution in [0.3, 0.4) is 0 Å². The van der Waals surface area contributed by atoms with Crippen LogP contribution in [-0.2, 0) is 4.79 Å². The lowest BCUT2D eigenvalue weighted by Gasteiger charge is -2.42. The van der Waals surface area contributed by atoms with Gasteiger partial charge in [-0.1, -0.05) is 18.2 Å². The summed E-state index contributed by atoms with van der Waals surface area (Å²) in [5, 5.41) is 0. The number of amides is 1. The SMILES string of the molecule is COc1ccc(N2CCN([C@H](C)C(=O)N3CCN(c4ccccc4)CC3)CC2)cc1. The van der Waals surface area contributed by atoms with Crippen LogP contribution in [0.2, 0.25) is 0 Å². The number of nitrogens with zero attached hydrogens (tertiary/aromatic N) is 4. The van der Waals surface area contributed by atoms with E-state index in [0.717, 1.165) is 58.1 Å². The molecule has 6 nitrogen and oxygen atoms in total. The molecule has 2 saturated heterocycles. The minimum absolute atomic E-state index is 0.0636. The zero-order chi connectivity index (χ0) is 20.9. The molecular weight excluding hydrogens is 376 g/mol. The van der Waals surface area contributed by atoms with Gasteiger partial charge < -0.3 is 19.4 Å². The number of para-hydroxylation sites is 1. The molecule has 0 bridgehead atoms. The lowest BCUT2D eigenvalue weighted by atomic mass is 10.1. The molecule has 1 atom stereocenters. The second-order valence-corrected chi connectivity index (χ2v) is 8.04. The highest BCUT2D eigenvalue weighted by Crippen LogP contribution is 2.22. The van der Waals surface area contributed by atoms with Crippen molar-refractivity contribution >= 4 is 17.3 Å². The number of rotatable bonds is 5. The molecule has 160 valence electrons. The summed E-state index contributed by atoms with van der Waals surface area (Å²) in [4.78, 5) is 22.2. The second kappa shape index (κ2) is 9.39. The van der Waals surface area contributed by atoms with E-state index in [1.54, 1.807) is 7.11 Å². The molecule has 0 aromatic heterocycles. The Morgan fingerprint density at radius 1 is 0.767 bits per heavy atom. The van der Waals surface area contributed by atoms with Gasteiger partial charge in [0, 0.05) is 63.7 Å². The van der Waals surface area contributed by atoms with Crippen molar-refractivity contribution in [1.29, 1.82) is 0 Å². The molecule has 6 heteroatoms. The van der Waals surface area contributed by atoms with Gasteiger partial charge in [-0.25, -0.2) is 0 Å². The molecule has 2 aliphatic heterocycles. The topological polar surface area (TPSA) is 39.3 Å². The monoisotopic (exact) mass is 408 g/mol. The molecule has 2 aromatic carbocycles. The number of benzene rings is 2. The van der Waals surface area contributed by atoms with E-state index in [4.69, 9.17) is 4.74 Å². The van der Waals surface area contributed by atoms with Gasteiger partial charge in [-0.05, 0) is 43.3 Å². The molecular formula is C24H32N4O2. The van der Waals surface area contributed by atoms with Crippen molar-refractivity contribution in [3.63, 3.8) is 0 Å². The van der Waals surface area contributed by atoms with Crippen LogP contribution in [-0.4, -0.2) is 81.2 Å². The Hall–Kier alpha value is -2.73. The number of piperazine rings is 2. The average Bonchev–Trinajstić information content (AvgIpc) is 2.84. The van der Waals surface area contributed by atoms with Crippen molar-refractivity contribution in [3.8, 4) is 5.75 Å². The molecule has 4 rings (SSSR count). The normalized spacial score (nSPS) is 18.9. The maximum Gasteiger partial charge on any atom is 0.239 e. The molecule has 2 aromatic rings. The number of anilines is 2. The third-order valence-electron chi connectivity index (χ3n) is 6.37. The summed E-state index contributed by atoms with van der Waals surface area (Å²) < 4.78 is 5.25. The summed E-state index contributed by atoms with van der Waals surface area (Å²) in [6, 6.07) is 18.6. The zero-order valence-electron chi connectivity index (χ0n) is 18.0. The third-order valence-corrected chi connectivity index (χ3v) is 6.37. The minimum Gasteiger partial charge on any atom is -0.497 e. The van der Waals surface area contributed by atoms with E-state index in [9.17, 15) is 4.79 Å². The van der Waals surface area contributed by atoms with E-state index >= 15 is 0 Å². The van der Waals surface area contributed by atoms with Crippen molar-refractivity contribution in [2.75, 3.05) is 69.3 Å². The van der Waals surface area contributed by atoms with Crippen molar-refractivity contribution in [3.05, 3.63) is 54.6 Å². The molecule has 1 amide bonds. The molecule has 0 saturated carbocycles. The molecule has 2 fully saturated rings. The van der Waals surface area contributed by atoms with Crippen LogP contribution >= 0.6 is 0 Å². The second-order valence-electron chi connectivity index (χ2n) is 8.04.